The van der Waals surface area contributed by atoms with Gasteiger partial charge in [-0.3, -0.25) is 9.69 Å². The van der Waals surface area contributed by atoms with Crippen LogP contribution in [-0.4, -0.2) is 61.2 Å². The average Bonchev–Trinajstić information content (AvgIpc) is 2.91. The standard InChI is InChI=1S/C29H30F4N2O3.ClH/c30-23-9-13-28(26(18-23)27(37)12-6-21-4-2-1-3-5-21)38-20-25(36)19-34-14-16-35(17-15-34)24-10-7-22(8-11-24)29(31,32)33;/h1-5,7-11,13,18,25,36H,6,12,14-17,19-20H2;1H. The Morgan fingerprint density at radius 1 is 0.949 bits per heavy atom. The Morgan fingerprint density at radius 2 is 1.62 bits per heavy atom. The zero-order valence-corrected chi connectivity index (χ0v) is 22.1. The van der Waals surface area contributed by atoms with Crippen molar-refractivity contribution in [2.24, 2.45) is 0 Å². The lowest BCUT2D eigenvalue weighted by molar-refractivity contribution is -0.137. The first-order valence-electron chi connectivity index (χ1n) is 12.5. The minimum Gasteiger partial charge on any atom is -0.490 e. The third-order valence-electron chi connectivity index (χ3n) is 6.56. The van der Waals surface area contributed by atoms with Crippen LogP contribution < -0.4 is 9.64 Å². The number of piperazine rings is 1. The maximum atomic E-state index is 13.9. The van der Waals surface area contributed by atoms with E-state index >= 15 is 0 Å². The van der Waals surface area contributed by atoms with Gasteiger partial charge in [-0.1, -0.05) is 30.3 Å². The van der Waals surface area contributed by atoms with Crippen LogP contribution in [0.4, 0.5) is 23.2 Å². The summed E-state index contributed by atoms with van der Waals surface area (Å²) < 4.78 is 58.0. The van der Waals surface area contributed by atoms with Crippen molar-refractivity contribution in [2.45, 2.75) is 25.1 Å². The van der Waals surface area contributed by atoms with Crippen LogP contribution in [0.15, 0.2) is 72.8 Å². The SMILES string of the molecule is Cl.O=C(CCc1ccccc1)c1cc(F)ccc1OCC(O)CN1CCN(c2ccc(C(F)(F)F)cc2)CC1. The Labute approximate surface area is 231 Å². The topological polar surface area (TPSA) is 53.0 Å². The number of aliphatic hydroxyl groups excluding tert-OH is 1. The van der Waals surface area contributed by atoms with Crippen LogP contribution >= 0.6 is 12.4 Å². The molecule has 4 rings (SSSR count). The van der Waals surface area contributed by atoms with E-state index in [1.807, 2.05) is 40.1 Å². The number of rotatable bonds is 10. The van der Waals surface area contributed by atoms with Gasteiger partial charge in [0, 0.05) is 44.8 Å². The number of hydrogen-bond acceptors (Lipinski definition) is 5. The molecule has 0 spiro atoms. The molecule has 1 N–H and O–H groups in total. The van der Waals surface area contributed by atoms with Gasteiger partial charge in [-0.2, -0.15) is 13.2 Å². The minimum absolute atomic E-state index is 0. The molecule has 3 aromatic rings. The number of benzene rings is 3. The number of anilines is 1. The summed E-state index contributed by atoms with van der Waals surface area (Å²) in [5, 5.41) is 10.5. The van der Waals surface area contributed by atoms with Gasteiger partial charge in [0.15, 0.2) is 5.78 Å². The highest BCUT2D eigenvalue weighted by Gasteiger charge is 2.30. The molecule has 0 radical (unpaired) electrons. The highest BCUT2D eigenvalue weighted by Crippen LogP contribution is 2.30. The first-order chi connectivity index (χ1) is 18.2. The van der Waals surface area contributed by atoms with Crippen molar-refractivity contribution in [2.75, 3.05) is 44.2 Å². The van der Waals surface area contributed by atoms with Gasteiger partial charge in [0.2, 0.25) is 0 Å². The number of carbonyl (C=O) groups is 1. The van der Waals surface area contributed by atoms with Crippen LogP contribution in [0.3, 0.4) is 0 Å². The Balaban J connectivity index is 0.00000420. The fourth-order valence-electron chi connectivity index (χ4n) is 4.47. The van der Waals surface area contributed by atoms with Crippen LogP contribution in [0.5, 0.6) is 5.75 Å². The van der Waals surface area contributed by atoms with Crippen molar-refractivity contribution in [1.82, 2.24) is 4.90 Å². The van der Waals surface area contributed by atoms with Gasteiger partial charge < -0.3 is 14.7 Å². The molecular formula is C29H31ClF4N2O3. The normalized spacial score (nSPS) is 14.9. The first-order valence-corrected chi connectivity index (χ1v) is 12.5. The van der Waals surface area contributed by atoms with E-state index in [1.165, 1.54) is 24.3 Å². The Kier molecular flexibility index (Phi) is 10.7. The second-order valence-electron chi connectivity index (χ2n) is 9.35. The molecule has 1 aliphatic heterocycles. The lowest BCUT2D eigenvalue weighted by Crippen LogP contribution is -2.49. The second-order valence-corrected chi connectivity index (χ2v) is 9.35. The van der Waals surface area contributed by atoms with E-state index < -0.39 is 23.7 Å². The van der Waals surface area contributed by atoms with E-state index in [1.54, 1.807) is 0 Å². The molecule has 1 aliphatic rings. The number of nitrogens with zero attached hydrogens (tertiary/aromatic N) is 2. The van der Waals surface area contributed by atoms with E-state index in [4.69, 9.17) is 4.74 Å². The van der Waals surface area contributed by atoms with Crippen molar-refractivity contribution in [1.29, 1.82) is 0 Å². The zero-order valence-electron chi connectivity index (χ0n) is 21.2. The van der Waals surface area contributed by atoms with Crippen molar-refractivity contribution in [3.8, 4) is 5.75 Å². The Hall–Kier alpha value is -3.14. The smallest absolute Gasteiger partial charge is 0.416 e. The first kappa shape index (κ1) is 30.4. The summed E-state index contributed by atoms with van der Waals surface area (Å²) in [4.78, 5) is 16.8. The van der Waals surface area contributed by atoms with E-state index in [0.29, 0.717) is 39.1 Å². The average molecular weight is 567 g/mol. The predicted molar refractivity (Wildman–Crippen MR) is 144 cm³/mol. The molecule has 1 fully saturated rings. The lowest BCUT2D eigenvalue weighted by Gasteiger charge is -2.37. The predicted octanol–water partition coefficient (Wildman–Crippen LogP) is 5.64. The van der Waals surface area contributed by atoms with Crippen molar-refractivity contribution < 1.29 is 32.2 Å². The summed E-state index contributed by atoms with van der Waals surface area (Å²) in [7, 11) is 0. The number of carbonyl (C=O) groups excluding carboxylic acids is 1. The molecule has 0 bridgehead atoms. The van der Waals surface area contributed by atoms with E-state index in [0.717, 1.165) is 29.4 Å². The number of halogens is 5. The highest BCUT2D eigenvalue weighted by molar-refractivity contribution is 5.98. The largest absolute Gasteiger partial charge is 0.490 e. The molecule has 1 atom stereocenters. The molecule has 10 heteroatoms. The van der Waals surface area contributed by atoms with Gasteiger partial charge >= 0.3 is 6.18 Å². The summed E-state index contributed by atoms with van der Waals surface area (Å²) in [6.07, 6.45) is -4.48. The van der Waals surface area contributed by atoms with Crippen LogP contribution in [0.25, 0.3) is 0 Å². The van der Waals surface area contributed by atoms with Gasteiger partial charge in [0.05, 0.1) is 11.1 Å². The number of hydrogen-bond donors (Lipinski definition) is 1. The molecule has 39 heavy (non-hydrogen) atoms. The molecule has 1 unspecified atom stereocenters. The zero-order chi connectivity index (χ0) is 27.1. The molecule has 3 aromatic carbocycles. The summed E-state index contributed by atoms with van der Waals surface area (Å²) in [5.41, 5.74) is 1.21. The molecule has 0 aliphatic carbocycles. The molecule has 0 aromatic heterocycles. The number of aryl methyl sites for hydroxylation is 1. The fourth-order valence-corrected chi connectivity index (χ4v) is 4.47. The van der Waals surface area contributed by atoms with Gasteiger partial charge in [-0.25, -0.2) is 4.39 Å². The van der Waals surface area contributed by atoms with Gasteiger partial charge in [0.1, 0.15) is 24.3 Å². The maximum Gasteiger partial charge on any atom is 0.416 e. The highest BCUT2D eigenvalue weighted by atomic mass is 35.5. The second kappa shape index (κ2) is 13.8. The third-order valence-corrected chi connectivity index (χ3v) is 6.56. The van der Waals surface area contributed by atoms with Crippen molar-refractivity contribution in [3.05, 3.63) is 95.3 Å². The molecule has 210 valence electrons. The minimum atomic E-state index is -4.36. The number of Topliss-reactive ketones (excluding diaryl/α,β-unsaturated/α-hetero) is 1. The summed E-state index contributed by atoms with van der Waals surface area (Å²) >= 11 is 0. The molecule has 0 amide bonds. The third kappa shape index (κ3) is 8.68. The fraction of sp³-hybridized carbons (Fsp3) is 0.345. The monoisotopic (exact) mass is 566 g/mol. The molecule has 1 saturated heterocycles. The molecule has 0 saturated carbocycles. The van der Waals surface area contributed by atoms with Crippen molar-refractivity contribution >= 4 is 23.9 Å². The Morgan fingerprint density at radius 3 is 2.26 bits per heavy atom. The van der Waals surface area contributed by atoms with E-state index in [2.05, 4.69) is 0 Å². The van der Waals surface area contributed by atoms with Crippen molar-refractivity contribution in [3.63, 3.8) is 0 Å². The molecule has 5 nitrogen and oxygen atoms in total. The summed E-state index contributed by atoms with van der Waals surface area (Å²) in [5.74, 6) is -0.542. The van der Waals surface area contributed by atoms with E-state index in [9.17, 15) is 27.5 Å². The van der Waals surface area contributed by atoms with Crippen LogP contribution in [-0.2, 0) is 12.6 Å². The van der Waals surface area contributed by atoms with Crippen LogP contribution in [0.1, 0.15) is 27.9 Å². The summed E-state index contributed by atoms with van der Waals surface area (Å²) in [6, 6.07) is 18.4. The molecule has 1 heterocycles. The van der Waals surface area contributed by atoms with Gasteiger partial charge in [0.25, 0.3) is 0 Å². The van der Waals surface area contributed by atoms with E-state index in [-0.39, 0.29) is 42.5 Å². The molecular weight excluding hydrogens is 536 g/mol. The quantitative estimate of drug-likeness (QED) is 0.254. The Bertz CT molecular complexity index is 1200. The van der Waals surface area contributed by atoms with Gasteiger partial charge in [-0.15, -0.1) is 12.4 Å². The van der Waals surface area contributed by atoms with Gasteiger partial charge in [-0.05, 0) is 54.4 Å². The van der Waals surface area contributed by atoms with Crippen LogP contribution in [0.2, 0.25) is 0 Å². The number of ether oxygens (including phenoxy) is 1. The van der Waals surface area contributed by atoms with Crippen LogP contribution in [0, 0.1) is 5.82 Å². The maximum absolute atomic E-state index is 13.9. The number of β-amino-alcohol motifs (C(OH)–C–C–N with tert-alkyl or cyclic N) is 1. The summed E-state index contributed by atoms with van der Waals surface area (Å²) in [6.45, 7) is 2.73. The number of ketones is 1. The number of alkyl halides is 3. The lowest BCUT2D eigenvalue weighted by atomic mass is 10.0. The number of aliphatic hydroxyl groups is 1.